The molecule has 0 amide bonds. The summed E-state index contributed by atoms with van der Waals surface area (Å²) in [6.45, 7) is 3.14. The predicted molar refractivity (Wildman–Crippen MR) is 87.0 cm³/mol. The van der Waals surface area contributed by atoms with E-state index in [4.69, 9.17) is 5.11 Å². The summed E-state index contributed by atoms with van der Waals surface area (Å²) in [6, 6.07) is 4.23. The molecule has 0 aromatic carbocycles. The van der Waals surface area contributed by atoms with E-state index >= 15 is 0 Å². The number of halogens is 2. The molecule has 1 aromatic heterocycles. The van der Waals surface area contributed by atoms with Crippen LogP contribution in [0.15, 0.2) is 18.3 Å². The number of carboxylic acids is 1. The van der Waals surface area contributed by atoms with Gasteiger partial charge in [0.25, 0.3) is 0 Å². The monoisotopic (exact) mass is 333 g/mol. The third-order valence-electron chi connectivity index (χ3n) is 4.22. The van der Waals surface area contributed by atoms with Gasteiger partial charge in [-0.2, -0.15) is 0 Å². The normalized spacial score (nSPS) is 24.3. The Morgan fingerprint density at radius 3 is 2.95 bits per heavy atom. The molecule has 21 heavy (non-hydrogen) atoms. The zero-order valence-corrected chi connectivity index (χ0v) is 13.3. The maximum atomic E-state index is 11.0. The fourth-order valence-electron chi connectivity index (χ4n) is 3.21. The summed E-state index contributed by atoms with van der Waals surface area (Å²) in [5.41, 5.74) is 1.11. The Morgan fingerprint density at radius 2 is 2.19 bits per heavy atom. The van der Waals surface area contributed by atoms with Crippen LogP contribution >= 0.6 is 24.8 Å². The molecule has 0 bridgehead atoms. The van der Waals surface area contributed by atoms with E-state index in [-0.39, 0.29) is 30.5 Å². The minimum Gasteiger partial charge on any atom is -0.477 e. The van der Waals surface area contributed by atoms with Crippen molar-refractivity contribution in [1.29, 1.82) is 0 Å². The molecule has 118 valence electrons. The molecule has 2 N–H and O–H groups in total. The quantitative estimate of drug-likeness (QED) is 0.868. The van der Waals surface area contributed by atoms with Crippen LogP contribution in [0.5, 0.6) is 0 Å². The maximum Gasteiger partial charge on any atom is 0.354 e. The molecule has 5 nitrogen and oxygen atoms in total. The van der Waals surface area contributed by atoms with Crippen molar-refractivity contribution in [3.8, 4) is 0 Å². The van der Waals surface area contributed by atoms with E-state index in [0.29, 0.717) is 12.0 Å². The van der Waals surface area contributed by atoms with Crippen LogP contribution in [-0.2, 0) is 0 Å². The van der Waals surface area contributed by atoms with Crippen LogP contribution in [0.2, 0.25) is 0 Å². The number of piperidine rings is 2. The molecule has 0 saturated carbocycles. The third-order valence-corrected chi connectivity index (χ3v) is 4.22. The Morgan fingerprint density at radius 1 is 1.38 bits per heavy atom. The summed E-state index contributed by atoms with van der Waals surface area (Å²) in [5, 5.41) is 12.6. The number of aromatic nitrogens is 1. The minimum atomic E-state index is -0.962. The number of hydrogen-bond donors (Lipinski definition) is 2. The molecule has 2 aliphatic heterocycles. The van der Waals surface area contributed by atoms with E-state index in [9.17, 15) is 4.79 Å². The molecular formula is C14H21Cl2N3O2. The highest BCUT2D eigenvalue weighted by molar-refractivity contribution is 5.86. The Labute approximate surface area is 136 Å². The van der Waals surface area contributed by atoms with Gasteiger partial charge in [0.05, 0.1) is 0 Å². The summed E-state index contributed by atoms with van der Waals surface area (Å²) < 4.78 is 0. The fourth-order valence-corrected chi connectivity index (χ4v) is 3.21. The van der Waals surface area contributed by atoms with Crippen LogP contribution < -0.4 is 10.2 Å². The Bertz CT molecular complexity index is 487. The van der Waals surface area contributed by atoms with Gasteiger partial charge in [0.1, 0.15) is 5.69 Å². The number of carbonyl (C=O) groups is 1. The zero-order valence-electron chi connectivity index (χ0n) is 11.7. The predicted octanol–water partition coefficient (Wildman–Crippen LogP) is 2.20. The number of carboxylic acid groups (broad SMARTS) is 1. The van der Waals surface area contributed by atoms with Gasteiger partial charge >= 0.3 is 5.97 Å². The summed E-state index contributed by atoms with van der Waals surface area (Å²) in [7, 11) is 0. The molecule has 0 radical (unpaired) electrons. The number of aromatic carboxylic acids is 1. The van der Waals surface area contributed by atoms with Crippen LogP contribution in [0.25, 0.3) is 0 Å². The van der Waals surface area contributed by atoms with E-state index in [0.717, 1.165) is 31.7 Å². The highest BCUT2D eigenvalue weighted by Crippen LogP contribution is 2.28. The molecule has 2 aliphatic rings. The number of nitrogens with one attached hydrogen (secondary N) is 1. The molecule has 2 fully saturated rings. The number of nitrogens with zero attached hydrogens (tertiary/aromatic N) is 2. The molecule has 3 rings (SSSR count). The van der Waals surface area contributed by atoms with Gasteiger partial charge in [0.2, 0.25) is 0 Å². The number of pyridine rings is 1. The van der Waals surface area contributed by atoms with Crippen molar-refractivity contribution in [1.82, 2.24) is 10.3 Å². The van der Waals surface area contributed by atoms with Crippen LogP contribution in [0.3, 0.4) is 0 Å². The Kier molecular flexibility index (Phi) is 6.71. The lowest BCUT2D eigenvalue weighted by Gasteiger charge is -2.42. The van der Waals surface area contributed by atoms with Crippen molar-refractivity contribution in [3.05, 3.63) is 24.0 Å². The van der Waals surface area contributed by atoms with Crippen molar-refractivity contribution in [2.45, 2.75) is 25.3 Å². The standard InChI is InChI=1S/C14H19N3O2.2ClH/c18-14(19)13-8-11(3-6-16-13)17-7-4-12-10(9-17)2-1-5-15-12;;/h3,6,8,10,12,15H,1-2,4-5,7,9H2,(H,18,19);2*1H/t10-,12+;;/m1../s1. The molecule has 0 spiro atoms. The first-order valence-corrected chi connectivity index (χ1v) is 6.92. The summed E-state index contributed by atoms with van der Waals surface area (Å²) in [4.78, 5) is 17.1. The molecule has 2 atom stereocenters. The molecule has 2 saturated heterocycles. The lowest BCUT2D eigenvalue weighted by molar-refractivity contribution is 0.0690. The van der Waals surface area contributed by atoms with Crippen molar-refractivity contribution in [2.24, 2.45) is 5.92 Å². The van der Waals surface area contributed by atoms with Gasteiger partial charge in [0, 0.05) is 31.0 Å². The zero-order chi connectivity index (χ0) is 13.2. The van der Waals surface area contributed by atoms with E-state index in [1.54, 1.807) is 12.3 Å². The van der Waals surface area contributed by atoms with Crippen LogP contribution in [0, 0.1) is 5.92 Å². The Hall–Kier alpha value is -1.04. The van der Waals surface area contributed by atoms with Crippen LogP contribution in [-0.4, -0.2) is 41.7 Å². The average Bonchev–Trinajstić information content (AvgIpc) is 2.47. The highest BCUT2D eigenvalue weighted by atomic mass is 35.5. The number of anilines is 1. The second-order valence-electron chi connectivity index (χ2n) is 5.40. The summed E-state index contributed by atoms with van der Waals surface area (Å²) >= 11 is 0. The summed E-state index contributed by atoms with van der Waals surface area (Å²) in [6.07, 6.45) is 5.23. The van der Waals surface area contributed by atoms with Crippen molar-refractivity contribution >= 4 is 36.5 Å². The first-order chi connectivity index (χ1) is 9.24. The molecule has 3 heterocycles. The summed E-state index contributed by atoms with van der Waals surface area (Å²) in [5.74, 6) is -0.278. The first kappa shape index (κ1) is 18.0. The lowest BCUT2D eigenvalue weighted by Crippen LogP contribution is -2.52. The molecular weight excluding hydrogens is 313 g/mol. The second kappa shape index (κ2) is 7.82. The van der Waals surface area contributed by atoms with Crippen molar-refractivity contribution < 1.29 is 9.90 Å². The minimum absolute atomic E-state index is 0. The first-order valence-electron chi connectivity index (χ1n) is 6.92. The second-order valence-corrected chi connectivity index (χ2v) is 5.40. The number of fused-ring (bicyclic) bond motifs is 1. The topological polar surface area (TPSA) is 65.5 Å². The van der Waals surface area contributed by atoms with Gasteiger partial charge in [0.15, 0.2) is 0 Å². The van der Waals surface area contributed by atoms with Gasteiger partial charge in [-0.05, 0) is 43.9 Å². The lowest BCUT2D eigenvalue weighted by atomic mass is 9.85. The van der Waals surface area contributed by atoms with Gasteiger partial charge < -0.3 is 15.3 Å². The van der Waals surface area contributed by atoms with Crippen molar-refractivity contribution in [2.75, 3.05) is 24.5 Å². The molecule has 0 unspecified atom stereocenters. The van der Waals surface area contributed by atoms with Crippen molar-refractivity contribution in [3.63, 3.8) is 0 Å². The SMILES string of the molecule is Cl.Cl.O=C(O)c1cc(N2CC[C@@H]3NCCC[C@@H]3C2)ccn1. The molecule has 0 aliphatic carbocycles. The largest absolute Gasteiger partial charge is 0.477 e. The average molecular weight is 334 g/mol. The van der Waals surface area contributed by atoms with Crippen LogP contribution in [0.1, 0.15) is 29.8 Å². The Balaban J connectivity index is 0.00000110. The fraction of sp³-hybridized carbons (Fsp3) is 0.571. The maximum absolute atomic E-state index is 11.0. The smallest absolute Gasteiger partial charge is 0.354 e. The van der Waals surface area contributed by atoms with Gasteiger partial charge in [-0.15, -0.1) is 24.8 Å². The van der Waals surface area contributed by atoms with E-state index < -0.39 is 5.97 Å². The van der Waals surface area contributed by atoms with E-state index in [2.05, 4.69) is 15.2 Å². The number of hydrogen-bond acceptors (Lipinski definition) is 4. The van der Waals surface area contributed by atoms with E-state index in [1.807, 2.05) is 6.07 Å². The number of rotatable bonds is 2. The molecule has 7 heteroatoms. The van der Waals surface area contributed by atoms with Gasteiger partial charge in [-0.3, -0.25) is 0 Å². The molecule has 1 aromatic rings. The van der Waals surface area contributed by atoms with Crippen LogP contribution in [0.4, 0.5) is 5.69 Å². The highest BCUT2D eigenvalue weighted by Gasteiger charge is 2.31. The van der Waals surface area contributed by atoms with Gasteiger partial charge in [-0.1, -0.05) is 0 Å². The third kappa shape index (κ3) is 3.99. The van der Waals surface area contributed by atoms with Gasteiger partial charge in [-0.25, -0.2) is 9.78 Å². The van der Waals surface area contributed by atoms with E-state index in [1.165, 1.54) is 12.8 Å².